The largest absolute Gasteiger partial charge is 0.494 e. The molecule has 4 rings (SSSR count). The number of aromatic nitrogens is 4. The van der Waals surface area contributed by atoms with Gasteiger partial charge in [-0.25, -0.2) is 0 Å². The van der Waals surface area contributed by atoms with E-state index in [-0.39, 0.29) is 11.7 Å². The second-order valence-electron chi connectivity index (χ2n) is 6.70. The van der Waals surface area contributed by atoms with Crippen molar-refractivity contribution in [3.05, 3.63) is 90.0 Å². The van der Waals surface area contributed by atoms with E-state index >= 15 is 0 Å². The molecule has 0 fully saturated rings. The Morgan fingerprint density at radius 1 is 1.00 bits per heavy atom. The van der Waals surface area contributed by atoms with E-state index < -0.39 is 0 Å². The van der Waals surface area contributed by atoms with E-state index in [9.17, 15) is 4.79 Å². The number of thioether (sulfide) groups is 1. The normalized spacial score (nSPS) is 10.6. The second-order valence-corrected chi connectivity index (χ2v) is 7.64. The van der Waals surface area contributed by atoms with Gasteiger partial charge in [-0.05, 0) is 46.2 Å². The van der Waals surface area contributed by atoms with Crippen molar-refractivity contribution in [2.24, 2.45) is 0 Å². The number of hydrogen-bond acceptors (Lipinski definition) is 6. The van der Waals surface area contributed by atoms with Crippen LogP contribution < -0.4 is 10.1 Å². The summed E-state index contributed by atoms with van der Waals surface area (Å²) in [5.74, 6) is 0.700. The number of rotatable bonds is 8. The van der Waals surface area contributed by atoms with Crippen LogP contribution in [-0.2, 0) is 11.2 Å². The number of benzene rings is 3. The predicted octanol–water partition coefficient (Wildman–Crippen LogP) is 3.99. The highest BCUT2D eigenvalue weighted by Crippen LogP contribution is 2.26. The van der Waals surface area contributed by atoms with Gasteiger partial charge in [-0.2, -0.15) is 4.68 Å². The smallest absolute Gasteiger partial charge is 0.234 e. The molecule has 8 heteroatoms. The number of para-hydroxylation sites is 3. The molecule has 0 aliphatic heterocycles. The first kappa shape index (κ1) is 20.6. The first-order chi connectivity index (χ1) is 15.2. The van der Waals surface area contributed by atoms with Crippen LogP contribution in [0.4, 0.5) is 5.69 Å². The number of methoxy groups -OCH3 is 1. The Morgan fingerprint density at radius 3 is 2.58 bits per heavy atom. The van der Waals surface area contributed by atoms with Gasteiger partial charge in [0.15, 0.2) is 0 Å². The van der Waals surface area contributed by atoms with Crippen LogP contribution in [0.25, 0.3) is 5.69 Å². The number of carbonyl (C=O) groups is 1. The van der Waals surface area contributed by atoms with Crippen molar-refractivity contribution in [3.63, 3.8) is 0 Å². The maximum absolute atomic E-state index is 12.6. The van der Waals surface area contributed by atoms with Crippen molar-refractivity contribution < 1.29 is 9.53 Å². The van der Waals surface area contributed by atoms with Gasteiger partial charge in [0.1, 0.15) is 11.4 Å². The summed E-state index contributed by atoms with van der Waals surface area (Å²) in [4.78, 5) is 12.6. The van der Waals surface area contributed by atoms with Gasteiger partial charge in [0.2, 0.25) is 11.1 Å². The van der Waals surface area contributed by atoms with Gasteiger partial charge in [-0.15, -0.1) is 5.10 Å². The zero-order valence-electron chi connectivity index (χ0n) is 16.9. The molecule has 156 valence electrons. The SMILES string of the molecule is COc1ccccc1-n1nnnc1SCC(=O)Nc1ccccc1Cc1ccccc1. The molecule has 1 aromatic heterocycles. The third-order valence-electron chi connectivity index (χ3n) is 4.62. The Balaban J connectivity index is 1.43. The molecule has 0 aliphatic carbocycles. The summed E-state index contributed by atoms with van der Waals surface area (Å²) in [6, 6.07) is 25.5. The summed E-state index contributed by atoms with van der Waals surface area (Å²) in [5.41, 5.74) is 3.77. The summed E-state index contributed by atoms with van der Waals surface area (Å²) >= 11 is 1.26. The fourth-order valence-corrected chi connectivity index (χ4v) is 3.84. The van der Waals surface area contributed by atoms with Crippen molar-refractivity contribution in [2.75, 3.05) is 18.2 Å². The molecular formula is C23H21N5O2S. The van der Waals surface area contributed by atoms with E-state index in [1.54, 1.807) is 11.8 Å². The summed E-state index contributed by atoms with van der Waals surface area (Å²) in [6.45, 7) is 0. The molecule has 0 saturated heterocycles. The van der Waals surface area contributed by atoms with Crippen molar-refractivity contribution in [1.82, 2.24) is 20.2 Å². The van der Waals surface area contributed by atoms with Crippen LogP contribution in [0.15, 0.2) is 84.0 Å². The Hall–Kier alpha value is -3.65. The van der Waals surface area contributed by atoms with E-state index in [2.05, 4.69) is 33.0 Å². The molecule has 0 saturated carbocycles. The zero-order valence-corrected chi connectivity index (χ0v) is 17.7. The lowest BCUT2D eigenvalue weighted by molar-refractivity contribution is -0.113. The monoisotopic (exact) mass is 431 g/mol. The molecule has 7 nitrogen and oxygen atoms in total. The maximum atomic E-state index is 12.6. The molecule has 3 aromatic carbocycles. The van der Waals surface area contributed by atoms with Gasteiger partial charge in [0, 0.05) is 5.69 Å². The molecule has 0 bridgehead atoms. The molecule has 0 atom stereocenters. The molecule has 1 amide bonds. The fraction of sp³-hybridized carbons (Fsp3) is 0.130. The van der Waals surface area contributed by atoms with Crippen LogP contribution in [0.1, 0.15) is 11.1 Å². The second kappa shape index (κ2) is 9.90. The zero-order chi connectivity index (χ0) is 21.5. The van der Waals surface area contributed by atoms with E-state index in [0.29, 0.717) is 16.6 Å². The number of amides is 1. The van der Waals surface area contributed by atoms with E-state index in [0.717, 1.165) is 17.7 Å². The Kier molecular flexibility index (Phi) is 6.59. The van der Waals surface area contributed by atoms with E-state index in [1.807, 2.05) is 66.7 Å². The molecule has 0 unspecified atom stereocenters. The molecule has 1 heterocycles. The number of tetrazole rings is 1. The van der Waals surface area contributed by atoms with Crippen molar-refractivity contribution in [2.45, 2.75) is 11.6 Å². The number of hydrogen-bond donors (Lipinski definition) is 1. The topological polar surface area (TPSA) is 81.9 Å². The highest BCUT2D eigenvalue weighted by atomic mass is 32.2. The lowest BCUT2D eigenvalue weighted by Crippen LogP contribution is -2.16. The lowest BCUT2D eigenvalue weighted by atomic mass is 10.0. The first-order valence-electron chi connectivity index (χ1n) is 9.71. The number of carbonyl (C=O) groups excluding carboxylic acids is 1. The summed E-state index contributed by atoms with van der Waals surface area (Å²) < 4.78 is 6.96. The van der Waals surface area contributed by atoms with Crippen molar-refractivity contribution in [3.8, 4) is 11.4 Å². The van der Waals surface area contributed by atoms with Crippen LogP contribution in [-0.4, -0.2) is 39.0 Å². The summed E-state index contributed by atoms with van der Waals surface area (Å²) in [6.07, 6.45) is 0.747. The maximum Gasteiger partial charge on any atom is 0.234 e. The van der Waals surface area contributed by atoms with Gasteiger partial charge in [-0.3, -0.25) is 4.79 Å². The van der Waals surface area contributed by atoms with Crippen LogP contribution in [0.2, 0.25) is 0 Å². The Bertz CT molecular complexity index is 1160. The van der Waals surface area contributed by atoms with Gasteiger partial charge in [-0.1, -0.05) is 72.4 Å². The molecule has 0 radical (unpaired) electrons. The number of nitrogens with zero attached hydrogens (tertiary/aromatic N) is 4. The standard InChI is InChI=1S/C23H21N5O2S/c1-30-21-14-8-7-13-20(21)28-23(25-26-27-28)31-16-22(29)24-19-12-6-5-11-18(19)15-17-9-3-2-4-10-17/h2-14H,15-16H2,1H3,(H,24,29). The van der Waals surface area contributed by atoms with Crippen LogP contribution >= 0.6 is 11.8 Å². The first-order valence-corrected chi connectivity index (χ1v) is 10.7. The molecule has 4 aromatic rings. The van der Waals surface area contributed by atoms with Crippen molar-refractivity contribution in [1.29, 1.82) is 0 Å². The van der Waals surface area contributed by atoms with Crippen LogP contribution in [0.3, 0.4) is 0 Å². The average molecular weight is 432 g/mol. The fourth-order valence-electron chi connectivity index (χ4n) is 3.15. The number of nitrogens with one attached hydrogen (secondary N) is 1. The quantitative estimate of drug-likeness (QED) is 0.425. The minimum atomic E-state index is -0.125. The van der Waals surface area contributed by atoms with Crippen LogP contribution in [0, 0.1) is 0 Å². The van der Waals surface area contributed by atoms with Gasteiger partial charge < -0.3 is 10.1 Å². The van der Waals surface area contributed by atoms with Gasteiger partial charge in [0.25, 0.3) is 0 Å². The summed E-state index contributed by atoms with van der Waals surface area (Å²) in [5, 5.41) is 15.4. The lowest BCUT2D eigenvalue weighted by Gasteiger charge is -2.11. The minimum Gasteiger partial charge on any atom is -0.494 e. The van der Waals surface area contributed by atoms with Gasteiger partial charge in [0.05, 0.1) is 12.9 Å². The number of anilines is 1. The minimum absolute atomic E-state index is 0.125. The number of ether oxygens (including phenoxy) is 1. The third kappa shape index (κ3) is 5.10. The van der Waals surface area contributed by atoms with E-state index in [1.165, 1.54) is 17.3 Å². The molecule has 31 heavy (non-hydrogen) atoms. The average Bonchev–Trinajstić information content (AvgIpc) is 3.28. The molecule has 0 aliphatic rings. The third-order valence-corrected chi connectivity index (χ3v) is 5.53. The highest BCUT2D eigenvalue weighted by molar-refractivity contribution is 7.99. The summed E-state index contributed by atoms with van der Waals surface area (Å²) in [7, 11) is 1.59. The van der Waals surface area contributed by atoms with E-state index in [4.69, 9.17) is 4.74 Å². The van der Waals surface area contributed by atoms with Crippen molar-refractivity contribution >= 4 is 23.4 Å². The van der Waals surface area contributed by atoms with Gasteiger partial charge >= 0.3 is 0 Å². The van der Waals surface area contributed by atoms with Crippen LogP contribution in [0.5, 0.6) is 5.75 Å². The molecular weight excluding hydrogens is 410 g/mol. The Labute approximate surface area is 184 Å². The highest BCUT2D eigenvalue weighted by Gasteiger charge is 2.15. The molecule has 1 N–H and O–H groups in total. The Morgan fingerprint density at radius 2 is 1.74 bits per heavy atom. The predicted molar refractivity (Wildman–Crippen MR) is 121 cm³/mol. The molecule has 0 spiro atoms.